The highest BCUT2D eigenvalue weighted by atomic mass is 19.1. The molecule has 1 aromatic carbocycles. The maximum atomic E-state index is 13.8. The fraction of sp³-hybridized carbons (Fsp3) is 0.625. The number of nitrogens with two attached hydrogens (primary N) is 1. The molecule has 0 bridgehead atoms. The van der Waals surface area contributed by atoms with Crippen LogP contribution in [0.25, 0.3) is 0 Å². The molecule has 1 fully saturated rings. The molecule has 0 unspecified atom stereocenters. The molecule has 1 aliphatic rings. The van der Waals surface area contributed by atoms with Gasteiger partial charge in [-0.15, -0.1) is 0 Å². The minimum absolute atomic E-state index is 0.102. The molecule has 0 aromatic heterocycles. The van der Waals surface area contributed by atoms with E-state index in [0.29, 0.717) is 18.2 Å². The first-order valence-corrected chi connectivity index (χ1v) is 7.47. The van der Waals surface area contributed by atoms with E-state index in [9.17, 15) is 9.50 Å². The van der Waals surface area contributed by atoms with Crippen molar-refractivity contribution >= 4 is 5.69 Å². The van der Waals surface area contributed by atoms with Crippen molar-refractivity contribution in [1.29, 1.82) is 0 Å². The summed E-state index contributed by atoms with van der Waals surface area (Å²) in [6.07, 6.45) is 4.71. The van der Waals surface area contributed by atoms with Crippen LogP contribution in [0.1, 0.15) is 49.8 Å². The van der Waals surface area contributed by atoms with E-state index in [4.69, 9.17) is 5.73 Å². The Morgan fingerprint density at radius 2 is 2.05 bits per heavy atom. The third-order valence-electron chi connectivity index (χ3n) is 4.21. The van der Waals surface area contributed by atoms with Gasteiger partial charge in [-0.3, -0.25) is 0 Å². The number of aliphatic hydroxyl groups is 1. The Morgan fingerprint density at radius 1 is 1.40 bits per heavy atom. The first kappa shape index (κ1) is 15.3. The first-order valence-electron chi connectivity index (χ1n) is 7.47. The number of hydrogen-bond acceptors (Lipinski definition) is 3. The van der Waals surface area contributed by atoms with Gasteiger partial charge in [0.05, 0.1) is 6.61 Å². The van der Waals surface area contributed by atoms with E-state index in [2.05, 4.69) is 4.90 Å². The van der Waals surface area contributed by atoms with E-state index in [1.165, 1.54) is 12.8 Å². The van der Waals surface area contributed by atoms with Crippen LogP contribution in [0.3, 0.4) is 0 Å². The van der Waals surface area contributed by atoms with Crippen molar-refractivity contribution in [1.82, 2.24) is 0 Å². The summed E-state index contributed by atoms with van der Waals surface area (Å²) in [5.41, 5.74) is 8.45. The summed E-state index contributed by atoms with van der Waals surface area (Å²) in [6, 6.07) is 3.64. The van der Waals surface area contributed by atoms with Crippen molar-refractivity contribution in [3.63, 3.8) is 0 Å². The second kappa shape index (κ2) is 6.55. The van der Waals surface area contributed by atoms with Crippen molar-refractivity contribution in [2.45, 2.75) is 51.6 Å². The van der Waals surface area contributed by atoms with Crippen LogP contribution < -0.4 is 10.6 Å². The molecule has 0 amide bonds. The van der Waals surface area contributed by atoms with Gasteiger partial charge in [0.25, 0.3) is 0 Å². The molecule has 4 heteroatoms. The van der Waals surface area contributed by atoms with Crippen LogP contribution in [-0.2, 0) is 0 Å². The summed E-state index contributed by atoms with van der Waals surface area (Å²) in [4.78, 5) is 2.22. The number of anilines is 1. The lowest BCUT2D eigenvalue weighted by molar-refractivity contribution is 0.297. The zero-order valence-electron chi connectivity index (χ0n) is 12.4. The minimum Gasteiger partial charge on any atom is -0.395 e. The molecule has 2 rings (SSSR count). The van der Waals surface area contributed by atoms with Crippen molar-refractivity contribution in [3.05, 3.63) is 29.1 Å². The third kappa shape index (κ3) is 3.13. The highest BCUT2D eigenvalue weighted by molar-refractivity contribution is 5.58. The van der Waals surface area contributed by atoms with E-state index in [0.717, 1.165) is 24.1 Å². The summed E-state index contributed by atoms with van der Waals surface area (Å²) in [6.45, 7) is 4.33. The van der Waals surface area contributed by atoms with Gasteiger partial charge in [-0.2, -0.15) is 0 Å². The van der Waals surface area contributed by atoms with E-state index in [1.807, 2.05) is 13.0 Å². The molecule has 0 radical (unpaired) electrons. The van der Waals surface area contributed by atoms with E-state index in [-0.39, 0.29) is 18.5 Å². The number of rotatable bonds is 5. The average Bonchev–Trinajstić information content (AvgIpc) is 2.92. The fourth-order valence-electron chi connectivity index (χ4n) is 3.12. The molecule has 1 aromatic rings. The molecule has 1 atom stereocenters. The Balaban J connectivity index is 2.42. The Kier molecular flexibility index (Phi) is 5.00. The maximum absolute atomic E-state index is 13.8. The lowest BCUT2D eigenvalue weighted by Gasteiger charge is -2.33. The van der Waals surface area contributed by atoms with Crippen molar-refractivity contribution < 1.29 is 9.50 Å². The Hall–Kier alpha value is -1.13. The summed E-state index contributed by atoms with van der Waals surface area (Å²) in [5, 5.41) is 9.36. The SMILES string of the molecule is Cc1cc(N(CCO)C2CCCC2)c([C@@H](C)N)cc1F. The van der Waals surface area contributed by atoms with Gasteiger partial charge in [-0.05, 0) is 49.9 Å². The zero-order chi connectivity index (χ0) is 14.7. The van der Waals surface area contributed by atoms with E-state index >= 15 is 0 Å². The Labute approximate surface area is 120 Å². The van der Waals surface area contributed by atoms with Gasteiger partial charge in [-0.25, -0.2) is 4.39 Å². The molecular formula is C16H25FN2O. The molecular weight excluding hydrogens is 255 g/mol. The molecule has 0 saturated heterocycles. The van der Waals surface area contributed by atoms with Gasteiger partial charge >= 0.3 is 0 Å². The molecule has 1 aliphatic carbocycles. The molecule has 0 heterocycles. The van der Waals surface area contributed by atoms with E-state index < -0.39 is 0 Å². The van der Waals surface area contributed by atoms with Crippen LogP contribution in [0.15, 0.2) is 12.1 Å². The van der Waals surface area contributed by atoms with Gasteiger partial charge in [0, 0.05) is 24.3 Å². The van der Waals surface area contributed by atoms with Gasteiger partial charge in [0.2, 0.25) is 0 Å². The van der Waals surface area contributed by atoms with Crippen molar-refractivity contribution in [2.75, 3.05) is 18.1 Å². The zero-order valence-corrected chi connectivity index (χ0v) is 12.4. The number of halogens is 1. The van der Waals surface area contributed by atoms with Crippen molar-refractivity contribution in [3.8, 4) is 0 Å². The smallest absolute Gasteiger partial charge is 0.126 e. The van der Waals surface area contributed by atoms with Gasteiger partial charge in [-0.1, -0.05) is 12.8 Å². The molecule has 1 saturated carbocycles. The van der Waals surface area contributed by atoms with Crippen LogP contribution >= 0.6 is 0 Å². The maximum Gasteiger partial charge on any atom is 0.126 e. The summed E-state index contributed by atoms with van der Waals surface area (Å²) in [7, 11) is 0. The number of aliphatic hydroxyl groups excluding tert-OH is 1. The summed E-state index contributed by atoms with van der Waals surface area (Å²) in [5.74, 6) is -0.212. The standard InChI is InChI=1S/C16H25FN2O/c1-11-9-16(14(12(2)18)10-15(11)17)19(7-8-20)13-5-3-4-6-13/h9-10,12-13,20H,3-8,18H2,1-2H3/t12-/m1/s1. The predicted molar refractivity (Wildman–Crippen MR) is 80.4 cm³/mol. The first-order chi connectivity index (χ1) is 9.54. The summed E-state index contributed by atoms with van der Waals surface area (Å²) < 4.78 is 13.8. The number of hydrogen-bond donors (Lipinski definition) is 2. The minimum atomic E-state index is -0.220. The molecule has 0 spiro atoms. The van der Waals surface area contributed by atoms with Crippen LogP contribution in [-0.4, -0.2) is 24.3 Å². The lowest BCUT2D eigenvalue weighted by Crippen LogP contribution is -2.37. The molecule has 112 valence electrons. The molecule has 0 aliphatic heterocycles. The number of aryl methyl sites for hydroxylation is 1. The monoisotopic (exact) mass is 280 g/mol. The topological polar surface area (TPSA) is 49.5 Å². The van der Waals surface area contributed by atoms with Crippen LogP contribution in [0.4, 0.5) is 10.1 Å². The van der Waals surface area contributed by atoms with Gasteiger partial charge in [0.15, 0.2) is 0 Å². The molecule has 3 N–H and O–H groups in total. The van der Waals surface area contributed by atoms with Crippen LogP contribution in [0.5, 0.6) is 0 Å². The molecule has 20 heavy (non-hydrogen) atoms. The Morgan fingerprint density at radius 3 is 2.60 bits per heavy atom. The highest BCUT2D eigenvalue weighted by Crippen LogP contribution is 2.34. The molecule has 3 nitrogen and oxygen atoms in total. The largest absolute Gasteiger partial charge is 0.395 e. The normalized spacial score (nSPS) is 17.4. The second-order valence-corrected chi connectivity index (χ2v) is 5.80. The second-order valence-electron chi connectivity index (χ2n) is 5.80. The Bertz CT molecular complexity index is 456. The van der Waals surface area contributed by atoms with Gasteiger partial charge < -0.3 is 15.7 Å². The highest BCUT2D eigenvalue weighted by Gasteiger charge is 2.25. The average molecular weight is 280 g/mol. The number of benzene rings is 1. The van der Waals surface area contributed by atoms with Crippen molar-refractivity contribution in [2.24, 2.45) is 5.73 Å². The third-order valence-corrected chi connectivity index (χ3v) is 4.21. The summed E-state index contributed by atoms with van der Waals surface area (Å²) >= 11 is 0. The quantitative estimate of drug-likeness (QED) is 0.872. The number of nitrogens with zero attached hydrogens (tertiary/aromatic N) is 1. The van der Waals surface area contributed by atoms with E-state index in [1.54, 1.807) is 13.0 Å². The van der Waals surface area contributed by atoms with Gasteiger partial charge in [0.1, 0.15) is 5.82 Å². The lowest BCUT2D eigenvalue weighted by atomic mass is 10.0. The fourth-order valence-corrected chi connectivity index (χ4v) is 3.12. The van der Waals surface area contributed by atoms with Crippen LogP contribution in [0, 0.1) is 12.7 Å². The van der Waals surface area contributed by atoms with Crippen LogP contribution in [0.2, 0.25) is 0 Å². The predicted octanol–water partition coefficient (Wildman–Crippen LogP) is 2.90.